The maximum Gasteiger partial charge on any atom is 0.262 e. The zero-order valence-electron chi connectivity index (χ0n) is 14.6. The Morgan fingerprint density at radius 2 is 1.84 bits per heavy atom. The highest BCUT2D eigenvalue weighted by Crippen LogP contribution is 2.22. The van der Waals surface area contributed by atoms with Crippen LogP contribution in [-0.2, 0) is 0 Å². The molecule has 0 aliphatic rings. The number of para-hydroxylation sites is 1. The highest BCUT2D eigenvalue weighted by Gasteiger charge is 2.14. The minimum atomic E-state index is 0.0505. The van der Waals surface area contributed by atoms with Crippen LogP contribution < -0.4 is 5.56 Å². The van der Waals surface area contributed by atoms with E-state index in [2.05, 4.69) is 38.1 Å². The highest BCUT2D eigenvalue weighted by atomic mass is 32.2. The molecule has 3 aromatic rings. The van der Waals surface area contributed by atoms with Gasteiger partial charge in [-0.3, -0.25) is 9.36 Å². The maximum absolute atomic E-state index is 12.9. The van der Waals surface area contributed by atoms with E-state index in [1.807, 2.05) is 47.0 Å². The van der Waals surface area contributed by atoms with E-state index in [1.54, 1.807) is 11.8 Å². The fourth-order valence-electron chi connectivity index (χ4n) is 2.67. The molecule has 0 fully saturated rings. The predicted octanol–water partition coefficient (Wildman–Crippen LogP) is 5.17. The number of nitrogens with zero attached hydrogens (tertiary/aromatic N) is 2. The third-order valence-corrected chi connectivity index (χ3v) is 5.13. The lowest BCUT2D eigenvalue weighted by molar-refractivity contribution is 0.468. The van der Waals surface area contributed by atoms with Gasteiger partial charge in [0, 0.05) is 11.8 Å². The zero-order chi connectivity index (χ0) is 17.6. The van der Waals surface area contributed by atoms with Crippen molar-refractivity contribution in [1.29, 1.82) is 0 Å². The van der Waals surface area contributed by atoms with Crippen molar-refractivity contribution >= 4 is 28.7 Å². The van der Waals surface area contributed by atoms with E-state index in [-0.39, 0.29) is 11.6 Å². The molecule has 0 bridgehead atoms. The number of fused-ring (bicyclic) bond motifs is 1. The van der Waals surface area contributed by atoms with E-state index < -0.39 is 0 Å². The SMILES string of the molecule is CCC(C)n1c(SC/C=C/c2ccccc2)nc2ccccc2c1=O. The molecule has 0 saturated carbocycles. The van der Waals surface area contributed by atoms with Crippen LogP contribution in [0.4, 0.5) is 0 Å². The summed E-state index contributed by atoms with van der Waals surface area (Å²) >= 11 is 1.60. The smallest absolute Gasteiger partial charge is 0.262 e. The van der Waals surface area contributed by atoms with Crippen LogP contribution in [0.15, 0.2) is 70.6 Å². The molecule has 3 rings (SSSR count). The summed E-state index contributed by atoms with van der Waals surface area (Å²) in [5.41, 5.74) is 1.99. The third kappa shape index (κ3) is 4.02. The summed E-state index contributed by atoms with van der Waals surface area (Å²) in [6.45, 7) is 4.16. The molecular formula is C21H22N2OS. The van der Waals surface area contributed by atoms with E-state index in [9.17, 15) is 4.79 Å². The number of hydrogen-bond donors (Lipinski definition) is 0. The number of thioether (sulfide) groups is 1. The lowest BCUT2D eigenvalue weighted by Crippen LogP contribution is -2.26. The van der Waals surface area contributed by atoms with Gasteiger partial charge in [0.25, 0.3) is 5.56 Å². The number of hydrogen-bond acceptors (Lipinski definition) is 3. The van der Waals surface area contributed by atoms with E-state index in [4.69, 9.17) is 4.98 Å². The molecule has 0 amide bonds. The van der Waals surface area contributed by atoms with Gasteiger partial charge in [-0.2, -0.15) is 0 Å². The minimum Gasteiger partial charge on any atom is -0.284 e. The molecule has 0 N–H and O–H groups in total. The van der Waals surface area contributed by atoms with Crippen LogP contribution in [0.1, 0.15) is 31.9 Å². The quantitative estimate of drug-likeness (QED) is 0.454. The van der Waals surface area contributed by atoms with Crippen LogP contribution in [0, 0.1) is 0 Å². The standard InChI is InChI=1S/C21H22N2OS/c1-3-16(2)23-20(24)18-13-7-8-14-19(18)22-21(23)25-15-9-12-17-10-5-4-6-11-17/h4-14,16H,3,15H2,1-2H3/b12-9+. The van der Waals surface area contributed by atoms with Crippen molar-refractivity contribution in [3.05, 3.63) is 76.6 Å². The number of rotatable bonds is 6. The Morgan fingerprint density at radius 3 is 2.60 bits per heavy atom. The third-order valence-electron chi connectivity index (χ3n) is 4.23. The Morgan fingerprint density at radius 1 is 1.12 bits per heavy atom. The normalized spacial score (nSPS) is 12.7. The van der Waals surface area contributed by atoms with Crippen molar-refractivity contribution in [2.75, 3.05) is 5.75 Å². The first kappa shape index (κ1) is 17.5. The molecule has 4 heteroatoms. The molecular weight excluding hydrogens is 328 g/mol. The molecule has 128 valence electrons. The van der Waals surface area contributed by atoms with Crippen LogP contribution in [0.2, 0.25) is 0 Å². The summed E-state index contributed by atoms with van der Waals surface area (Å²) < 4.78 is 1.84. The fraction of sp³-hybridized carbons (Fsp3) is 0.238. The average Bonchev–Trinajstić information content (AvgIpc) is 2.66. The molecule has 2 aromatic carbocycles. The Bertz CT molecular complexity index is 932. The fourth-order valence-corrected chi connectivity index (χ4v) is 3.58. The van der Waals surface area contributed by atoms with Gasteiger partial charge < -0.3 is 0 Å². The highest BCUT2D eigenvalue weighted by molar-refractivity contribution is 7.99. The first-order valence-corrected chi connectivity index (χ1v) is 9.55. The Kier molecular flexibility index (Phi) is 5.71. The van der Waals surface area contributed by atoms with Crippen molar-refractivity contribution in [2.24, 2.45) is 0 Å². The summed E-state index contributed by atoms with van der Waals surface area (Å²) in [5, 5.41) is 1.47. The summed E-state index contributed by atoms with van der Waals surface area (Å²) in [4.78, 5) is 17.6. The molecule has 25 heavy (non-hydrogen) atoms. The van der Waals surface area contributed by atoms with Crippen molar-refractivity contribution in [3.8, 4) is 0 Å². The molecule has 1 unspecified atom stereocenters. The first-order chi connectivity index (χ1) is 12.2. The van der Waals surface area contributed by atoms with Crippen molar-refractivity contribution in [1.82, 2.24) is 9.55 Å². The van der Waals surface area contributed by atoms with Gasteiger partial charge in [0.15, 0.2) is 5.16 Å². The molecule has 1 aromatic heterocycles. The minimum absolute atomic E-state index is 0.0505. The van der Waals surface area contributed by atoms with Crippen molar-refractivity contribution in [2.45, 2.75) is 31.5 Å². The van der Waals surface area contributed by atoms with Crippen LogP contribution in [0.3, 0.4) is 0 Å². The molecule has 0 aliphatic heterocycles. The summed E-state index contributed by atoms with van der Waals surface area (Å²) in [6.07, 6.45) is 5.11. The topological polar surface area (TPSA) is 34.9 Å². The predicted molar refractivity (Wildman–Crippen MR) is 107 cm³/mol. The zero-order valence-corrected chi connectivity index (χ0v) is 15.4. The first-order valence-electron chi connectivity index (χ1n) is 8.56. The van der Waals surface area contributed by atoms with Gasteiger partial charge in [0.2, 0.25) is 0 Å². The van der Waals surface area contributed by atoms with Crippen LogP contribution in [0.25, 0.3) is 17.0 Å². The molecule has 0 spiro atoms. The van der Waals surface area contributed by atoms with Gasteiger partial charge in [0.1, 0.15) is 0 Å². The van der Waals surface area contributed by atoms with E-state index in [1.165, 1.54) is 5.56 Å². The van der Waals surface area contributed by atoms with Crippen molar-refractivity contribution in [3.63, 3.8) is 0 Å². The Balaban J connectivity index is 1.89. The summed E-state index contributed by atoms with van der Waals surface area (Å²) in [6, 6.07) is 17.9. The number of benzene rings is 2. The molecule has 0 radical (unpaired) electrons. The van der Waals surface area contributed by atoms with Gasteiger partial charge in [-0.25, -0.2) is 4.98 Å². The lowest BCUT2D eigenvalue weighted by atomic mass is 10.2. The second-order valence-electron chi connectivity index (χ2n) is 5.97. The second kappa shape index (κ2) is 8.17. The molecule has 3 nitrogen and oxygen atoms in total. The van der Waals surface area contributed by atoms with Gasteiger partial charge >= 0.3 is 0 Å². The Hall–Kier alpha value is -2.33. The molecule has 1 atom stereocenters. The largest absolute Gasteiger partial charge is 0.284 e. The average molecular weight is 350 g/mol. The summed E-state index contributed by atoms with van der Waals surface area (Å²) in [7, 11) is 0. The summed E-state index contributed by atoms with van der Waals surface area (Å²) in [5.74, 6) is 0.774. The number of aromatic nitrogens is 2. The molecule has 1 heterocycles. The Labute approximate surface area is 152 Å². The van der Waals surface area contributed by atoms with E-state index in [0.717, 1.165) is 22.8 Å². The monoisotopic (exact) mass is 350 g/mol. The van der Waals surface area contributed by atoms with Crippen molar-refractivity contribution < 1.29 is 0 Å². The van der Waals surface area contributed by atoms with Crippen LogP contribution in [0.5, 0.6) is 0 Å². The van der Waals surface area contributed by atoms with E-state index >= 15 is 0 Å². The van der Waals surface area contributed by atoms with E-state index in [0.29, 0.717) is 5.39 Å². The molecule has 0 aliphatic carbocycles. The van der Waals surface area contributed by atoms with Crippen LogP contribution in [-0.4, -0.2) is 15.3 Å². The lowest BCUT2D eigenvalue weighted by Gasteiger charge is -2.17. The van der Waals surface area contributed by atoms with Gasteiger partial charge in [0.05, 0.1) is 10.9 Å². The van der Waals surface area contributed by atoms with Gasteiger partial charge in [-0.05, 0) is 31.0 Å². The van der Waals surface area contributed by atoms with Gasteiger partial charge in [-0.15, -0.1) is 0 Å². The van der Waals surface area contributed by atoms with Gasteiger partial charge in [-0.1, -0.05) is 73.3 Å². The second-order valence-corrected chi connectivity index (χ2v) is 6.96. The van der Waals surface area contributed by atoms with Crippen LogP contribution >= 0.6 is 11.8 Å². The molecule has 0 saturated heterocycles. The maximum atomic E-state index is 12.9.